The first kappa shape index (κ1) is 20.4. The van der Waals surface area contributed by atoms with E-state index in [0.717, 1.165) is 18.5 Å². The average Bonchev–Trinajstić information content (AvgIpc) is 2.93. The number of piperidine rings is 1. The lowest BCUT2D eigenvalue weighted by atomic mass is 10.0. The molecule has 0 aliphatic carbocycles. The van der Waals surface area contributed by atoms with Crippen LogP contribution in [0.3, 0.4) is 0 Å². The monoisotopic (exact) mass is 390 g/mol. The van der Waals surface area contributed by atoms with Gasteiger partial charge in [0.2, 0.25) is 5.91 Å². The Kier molecular flexibility index (Phi) is 6.40. The minimum atomic E-state index is -1.27. The number of quaternary nitrogens is 1. The van der Waals surface area contributed by atoms with E-state index in [2.05, 4.69) is 10.6 Å². The minimum absolute atomic E-state index is 0.0670. The number of benzene rings is 1. The van der Waals surface area contributed by atoms with Gasteiger partial charge in [-0.3, -0.25) is 19.6 Å². The van der Waals surface area contributed by atoms with Crippen molar-refractivity contribution in [3.8, 4) is 0 Å². The Balaban J connectivity index is 1.65. The van der Waals surface area contributed by atoms with Crippen molar-refractivity contribution in [2.45, 2.75) is 38.3 Å². The number of rotatable bonds is 9. The van der Waals surface area contributed by atoms with Crippen LogP contribution in [-0.4, -0.2) is 54.7 Å². The predicted molar refractivity (Wildman–Crippen MR) is 102 cm³/mol. The van der Waals surface area contributed by atoms with Gasteiger partial charge in [-0.25, -0.2) is 4.79 Å². The molecule has 1 aromatic rings. The third-order valence-corrected chi connectivity index (χ3v) is 5.13. The maximum atomic E-state index is 13.3. The van der Waals surface area contributed by atoms with Gasteiger partial charge in [-0.1, -0.05) is 6.07 Å². The number of ether oxygens (including phenoxy) is 1. The maximum Gasteiger partial charge on any atom is 0.347 e. The number of anilines is 1. The van der Waals surface area contributed by atoms with Crippen LogP contribution in [0.4, 0.5) is 5.69 Å². The van der Waals surface area contributed by atoms with Crippen molar-refractivity contribution in [2.75, 3.05) is 31.6 Å². The van der Waals surface area contributed by atoms with Crippen molar-refractivity contribution in [2.24, 2.45) is 5.73 Å². The summed E-state index contributed by atoms with van der Waals surface area (Å²) < 4.78 is 4.19. The average molecular weight is 390 g/mol. The number of hydrogen-bond donors (Lipinski definition) is 3. The third kappa shape index (κ3) is 4.07. The van der Waals surface area contributed by atoms with E-state index in [0.29, 0.717) is 37.4 Å². The highest BCUT2D eigenvalue weighted by Crippen LogP contribution is 2.37. The number of amides is 3. The fraction of sp³-hybridized carbons (Fsp3) is 0.526. The normalized spacial score (nSPS) is 24.2. The molecular formula is C19H26N4O5. The molecule has 4 N–H and O–H groups in total. The summed E-state index contributed by atoms with van der Waals surface area (Å²) >= 11 is 0. The molecular weight excluding hydrogens is 364 g/mol. The van der Waals surface area contributed by atoms with Crippen molar-refractivity contribution >= 4 is 23.4 Å². The number of hydrogen-bond acceptors (Lipinski definition) is 7. The lowest BCUT2D eigenvalue weighted by molar-refractivity contribution is -0.825. The van der Waals surface area contributed by atoms with Crippen LogP contribution in [-0.2, 0) is 20.9 Å². The van der Waals surface area contributed by atoms with Gasteiger partial charge in [-0.2, -0.15) is 0 Å². The molecule has 152 valence electrons. The lowest BCUT2D eigenvalue weighted by Crippen LogP contribution is -2.60. The zero-order chi connectivity index (χ0) is 20.1. The first-order valence-electron chi connectivity index (χ1n) is 9.58. The summed E-state index contributed by atoms with van der Waals surface area (Å²) in [6, 6.07) is 4.06. The Morgan fingerprint density at radius 3 is 2.79 bits per heavy atom. The molecule has 0 radical (unpaired) electrons. The Hall–Kier alpha value is -2.33. The van der Waals surface area contributed by atoms with E-state index in [4.69, 9.17) is 10.5 Å². The van der Waals surface area contributed by atoms with Gasteiger partial charge in [-0.15, -0.1) is 0 Å². The summed E-state index contributed by atoms with van der Waals surface area (Å²) in [5.74, 6) is -1.71. The van der Waals surface area contributed by atoms with Crippen molar-refractivity contribution in [3.05, 3.63) is 34.5 Å². The van der Waals surface area contributed by atoms with Crippen molar-refractivity contribution in [1.29, 1.82) is 0 Å². The molecule has 3 amide bonds. The molecule has 2 heterocycles. The fourth-order valence-electron chi connectivity index (χ4n) is 3.65. The molecule has 3 rings (SSSR count). The van der Waals surface area contributed by atoms with Crippen LogP contribution in [0.15, 0.2) is 18.2 Å². The standard InChI is InChI=1S/C19H26N4O5/c20-8-2-10-28-11-3-9-21-15-5-1-4-13-14(15)12-23(27,19(13)26)16-6-7-17(24)22-18(16)25/h1,4-5,16,21H,2-3,6-12,20H2,(H,22,24,25). The number of nitrogens with one attached hydrogen (secondary N) is 2. The molecule has 9 nitrogen and oxygen atoms in total. The summed E-state index contributed by atoms with van der Waals surface area (Å²) in [6.45, 7) is 2.35. The van der Waals surface area contributed by atoms with Gasteiger partial charge >= 0.3 is 5.91 Å². The molecule has 2 atom stereocenters. The molecule has 0 bridgehead atoms. The van der Waals surface area contributed by atoms with E-state index < -0.39 is 28.4 Å². The summed E-state index contributed by atoms with van der Waals surface area (Å²) in [7, 11) is 0. The Morgan fingerprint density at radius 1 is 1.25 bits per heavy atom. The molecule has 9 heteroatoms. The number of carbonyl (C=O) groups is 3. The number of fused-ring (bicyclic) bond motifs is 1. The van der Waals surface area contributed by atoms with Crippen LogP contribution >= 0.6 is 0 Å². The third-order valence-electron chi connectivity index (χ3n) is 5.13. The van der Waals surface area contributed by atoms with Gasteiger partial charge in [0, 0.05) is 43.9 Å². The molecule has 1 aromatic carbocycles. The smallest absolute Gasteiger partial charge is 0.347 e. The van der Waals surface area contributed by atoms with E-state index in [1.165, 1.54) is 0 Å². The van der Waals surface area contributed by atoms with Gasteiger partial charge in [0.05, 0.1) is 5.56 Å². The van der Waals surface area contributed by atoms with Crippen LogP contribution in [0, 0.1) is 5.21 Å². The number of hydroxylamine groups is 3. The van der Waals surface area contributed by atoms with Crippen molar-refractivity contribution < 1.29 is 23.8 Å². The number of carbonyl (C=O) groups excluding carboxylic acids is 3. The van der Waals surface area contributed by atoms with Gasteiger partial charge in [-0.05, 0) is 31.5 Å². The number of imide groups is 1. The van der Waals surface area contributed by atoms with Crippen LogP contribution < -0.4 is 16.4 Å². The SMILES string of the molecule is NCCCOCCCNc1cccc2c1C[N+]([O-])(C1CCC(=O)NC1=O)C2=O. The van der Waals surface area contributed by atoms with Crippen LogP contribution in [0.1, 0.15) is 41.6 Å². The van der Waals surface area contributed by atoms with Crippen LogP contribution in [0.25, 0.3) is 0 Å². The predicted octanol–water partition coefficient (Wildman–Crippen LogP) is 0.628. The molecule has 0 aromatic heterocycles. The Bertz CT molecular complexity index is 769. The van der Waals surface area contributed by atoms with Gasteiger partial charge in [0.15, 0.2) is 6.04 Å². The zero-order valence-corrected chi connectivity index (χ0v) is 15.7. The highest BCUT2D eigenvalue weighted by atomic mass is 16.6. The Morgan fingerprint density at radius 2 is 2.04 bits per heavy atom. The van der Waals surface area contributed by atoms with E-state index in [9.17, 15) is 19.6 Å². The molecule has 2 unspecified atom stereocenters. The molecule has 0 spiro atoms. The lowest BCUT2D eigenvalue weighted by Gasteiger charge is -2.42. The molecule has 1 fully saturated rings. The second-order valence-electron chi connectivity index (χ2n) is 7.09. The van der Waals surface area contributed by atoms with Gasteiger partial charge in [0.1, 0.15) is 6.54 Å². The molecule has 2 aliphatic rings. The van der Waals surface area contributed by atoms with E-state index >= 15 is 0 Å². The summed E-state index contributed by atoms with van der Waals surface area (Å²) in [4.78, 5) is 36.3. The topological polar surface area (TPSA) is 134 Å². The first-order chi connectivity index (χ1) is 13.5. The molecule has 1 saturated heterocycles. The van der Waals surface area contributed by atoms with Gasteiger partial charge in [0.25, 0.3) is 5.91 Å². The highest BCUT2D eigenvalue weighted by Gasteiger charge is 2.49. The van der Waals surface area contributed by atoms with E-state index in [1.807, 2.05) is 6.07 Å². The maximum absolute atomic E-state index is 13.3. The number of nitrogens with two attached hydrogens (primary N) is 1. The Labute approximate surface area is 163 Å². The quantitative estimate of drug-likeness (QED) is 0.244. The minimum Gasteiger partial charge on any atom is -0.624 e. The molecule has 0 saturated carbocycles. The van der Waals surface area contributed by atoms with E-state index in [-0.39, 0.29) is 19.4 Å². The van der Waals surface area contributed by atoms with E-state index in [1.54, 1.807) is 12.1 Å². The van der Waals surface area contributed by atoms with Crippen molar-refractivity contribution in [3.63, 3.8) is 0 Å². The fourth-order valence-corrected chi connectivity index (χ4v) is 3.65. The molecule has 28 heavy (non-hydrogen) atoms. The summed E-state index contributed by atoms with van der Waals surface area (Å²) in [5, 5.41) is 18.8. The zero-order valence-electron chi connectivity index (χ0n) is 15.7. The first-order valence-corrected chi connectivity index (χ1v) is 9.58. The number of nitrogens with zero attached hydrogens (tertiary/aromatic N) is 1. The molecule has 2 aliphatic heterocycles. The second kappa shape index (κ2) is 8.78. The summed E-state index contributed by atoms with van der Waals surface area (Å²) in [5.41, 5.74) is 7.09. The second-order valence-corrected chi connectivity index (χ2v) is 7.09. The van der Waals surface area contributed by atoms with Crippen molar-refractivity contribution in [1.82, 2.24) is 5.32 Å². The van der Waals surface area contributed by atoms with Gasteiger partial charge < -0.3 is 21.0 Å². The summed E-state index contributed by atoms with van der Waals surface area (Å²) in [6.07, 6.45) is 1.74. The largest absolute Gasteiger partial charge is 0.624 e. The van der Waals surface area contributed by atoms with Crippen LogP contribution in [0.5, 0.6) is 0 Å². The highest BCUT2D eigenvalue weighted by molar-refractivity contribution is 6.02. The van der Waals surface area contributed by atoms with Crippen LogP contribution in [0.2, 0.25) is 0 Å².